The lowest BCUT2D eigenvalue weighted by molar-refractivity contribution is -0.161. The van der Waals surface area contributed by atoms with Crippen LogP contribution in [0.5, 0.6) is 0 Å². The molecule has 0 radical (unpaired) electrons. The quantitative estimate of drug-likeness (QED) is 0.502. The molecule has 1 amide bonds. The van der Waals surface area contributed by atoms with Crippen molar-refractivity contribution >= 4 is 18.1 Å². The van der Waals surface area contributed by atoms with Crippen LogP contribution in [0.25, 0.3) is 6.08 Å². The van der Waals surface area contributed by atoms with Crippen LogP contribution in [-0.4, -0.2) is 41.3 Å². The summed E-state index contributed by atoms with van der Waals surface area (Å²) in [5, 5.41) is 0. The largest absolute Gasteiger partial charge is 0.461 e. The molecule has 0 aromatic heterocycles. The maximum Gasteiger partial charge on any atom is 0.411 e. The first-order valence-corrected chi connectivity index (χ1v) is 12.1. The summed E-state index contributed by atoms with van der Waals surface area (Å²) in [6.45, 7) is 12.2. The second-order valence-corrected chi connectivity index (χ2v) is 11.0. The van der Waals surface area contributed by atoms with Gasteiger partial charge in [-0.1, -0.05) is 45.4 Å². The Bertz CT molecular complexity index is 888. The number of hydrogen-bond donors (Lipinski definition) is 0. The van der Waals surface area contributed by atoms with E-state index in [-0.39, 0.29) is 24.4 Å². The van der Waals surface area contributed by atoms with E-state index in [1.807, 2.05) is 6.08 Å². The Hall–Kier alpha value is -2.37. The number of carbonyl (C=O) groups excluding carboxylic acids is 2. The SMILES string of the molecule is CC1CCC(C(C)C)C(OC(=O)C2CC(=Cc3cccc(F)c3)CN2C(=O)OC(C)(C)C)C1. The lowest BCUT2D eigenvalue weighted by atomic mass is 9.75. The van der Waals surface area contributed by atoms with Crippen molar-refractivity contribution in [3.05, 3.63) is 41.2 Å². The molecule has 5 nitrogen and oxygen atoms in total. The minimum absolute atomic E-state index is 0.141. The molecule has 1 aliphatic carbocycles. The zero-order valence-corrected chi connectivity index (χ0v) is 20.8. The van der Waals surface area contributed by atoms with Gasteiger partial charge in [-0.25, -0.2) is 14.0 Å². The molecule has 4 unspecified atom stereocenters. The molecule has 1 heterocycles. The number of nitrogens with zero attached hydrogens (tertiary/aromatic N) is 1. The number of benzene rings is 1. The van der Waals surface area contributed by atoms with Crippen molar-refractivity contribution in [2.24, 2.45) is 17.8 Å². The predicted molar refractivity (Wildman–Crippen MR) is 127 cm³/mol. The number of ether oxygens (including phenoxy) is 2. The van der Waals surface area contributed by atoms with Crippen LogP contribution >= 0.6 is 0 Å². The van der Waals surface area contributed by atoms with Gasteiger partial charge >= 0.3 is 12.1 Å². The molecule has 33 heavy (non-hydrogen) atoms. The van der Waals surface area contributed by atoms with Crippen molar-refractivity contribution in [3.8, 4) is 0 Å². The van der Waals surface area contributed by atoms with E-state index in [4.69, 9.17) is 9.47 Å². The number of carbonyl (C=O) groups is 2. The van der Waals surface area contributed by atoms with Gasteiger partial charge in [0, 0.05) is 13.0 Å². The van der Waals surface area contributed by atoms with Crippen LogP contribution in [0.1, 0.15) is 72.8 Å². The monoisotopic (exact) mass is 459 g/mol. The van der Waals surface area contributed by atoms with Crippen LogP contribution in [-0.2, 0) is 14.3 Å². The zero-order valence-electron chi connectivity index (χ0n) is 20.8. The number of amides is 1. The normalized spacial score (nSPS) is 27.2. The number of hydrogen-bond acceptors (Lipinski definition) is 4. The second-order valence-electron chi connectivity index (χ2n) is 11.0. The highest BCUT2D eigenvalue weighted by molar-refractivity contribution is 5.84. The van der Waals surface area contributed by atoms with Crippen molar-refractivity contribution in [1.29, 1.82) is 0 Å². The summed E-state index contributed by atoms with van der Waals surface area (Å²) in [4.78, 5) is 27.8. The van der Waals surface area contributed by atoms with Crippen LogP contribution in [0.4, 0.5) is 9.18 Å². The van der Waals surface area contributed by atoms with Crippen LogP contribution in [0.3, 0.4) is 0 Å². The topological polar surface area (TPSA) is 55.8 Å². The first kappa shape index (κ1) is 25.3. The molecule has 1 saturated heterocycles. The Morgan fingerprint density at radius 1 is 1.21 bits per heavy atom. The van der Waals surface area contributed by atoms with Gasteiger partial charge in [0.2, 0.25) is 0 Å². The first-order valence-electron chi connectivity index (χ1n) is 12.1. The van der Waals surface area contributed by atoms with Crippen LogP contribution in [0.15, 0.2) is 29.8 Å². The Balaban J connectivity index is 1.82. The molecule has 0 N–H and O–H groups in total. The Labute approximate surface area is 197 Å². The van der Waals surface area contributed by atoms with Crippen molar-refractivity contribution in [2.75, 3.05) is 6.54 Å². The Morgan fingerprint density at radius 2 is 1.94 bits per heavy atom. The van der Waals surface area contributed by atoms with E-state index in [2.05, 4.69) is 20.8 Å². The maximum atomic E-state index is 13.6. The van der Waals surface area contributed by atoms with Crippen LogP contribution in [0.2, 0.25) is 0 Å². The average molecular weight is 460 g/mol. The summed E-state index contributed by atoms with van der Waals surface area (Å²) in [6.07, 6.45) is 4.55. The minimum atomic E-state index is -0.746. The van der Waals surface area contributed by atoms with Crippen LogP contribution in [0, 0.1) is 23.6 Å². The van der Waals surface area contributed by atoms with Crippen molar-refractivity contribution in [1.82, 2.24) is 4.90 Å². The zero-order chi connectivity index (χ0) is 24.3. The van der Waals surface area contributed by atoms with Crippen molar-refractivity contribution < 1.29 is 23.5 Å². The fourth-order valence-corrected chi connectivity index (χ4v) is 4.89. The molecular formula is C27H38FNO4. The summed E-state index contributed by atoms with van der Waals surface area (Å²) < 4.78 is 25.3. The van der Waals surface area contributed by atoms with Gasteiger partial charge in [0.05, 0.1) is 0 Å². The smallest absolute Gasteiger partial charge is 0.411 e. The summed E-state index contributed by atoms with van der Waals surface area (Å²) in [6, 6.07) is 5.53. The average Bonchev–Trinajstić information content (AvgIpc) is 3.10. The molecule has 1 aromatic rings. The fourth-order valence-electron chi connectivity index (χ4n) is 4.89. The van der Waals surface area contributed by atoms with Crippen molar-refractivity contribution in [2.45, 2.75) is 85.0 Å². The molecule has 1 aromatic carbocycles. The molecular weight excluding hydrogens is 421 g/mol. The van der Waals surface area contributed by atoms with E-state index < -0.39 is 17.7 Å². The van der Waals surface area contributed by atoms with Gasteiger partial charge in [-0.15, -0.1) is 0 Å². The van der Waals surface area contributed by atoms with E-state index in [0.29, 0.717) is 29.7 Å². The summed E-state index contributed by atoms with van der Waals surface area (Å²) in [7, 11) is 0. The third kappa shape index (κ3) is 6.81. The second kappa shape index (κ2) is 10.3. The summed E-state index contributed by atoms with van der Waals surface area (Å²) in [5.74, 6) is 0.543. The van der Waals surface area contributed by atoms with Gasteiger partial charge in [-0.2, -0.15) is 0 Å². The van der Waals surface area contributed by atoms with Gasteiger partial charge in [-0.3, -0.25) is 4.90 Å². The van der Waals surface area contributed by atoms with Gasteiger partial charge in [0.25, 0.3) is 0 Å². The minimum Gasteiger partial charge on any atom is -0.461 e. The molecule has 2 aliphatic rings. The lowest BCUT2D eigenvalue weighted by Crippen LogP contribution is -2.46. The van der Waals surface area contributed by atoms with E-state index in [1.165, 1.54) is 17.0 Å². The van der Waals surface area contributed by atoms with Gasteiger partial charge in [0.1, 0.15) is 23.6 Å². The molecule has 0 bridgehead atoms. The van der Waals surface area contributed by atoms with Gasteiger partial charge in [0.15, 0.2) is 0 Å². The van der Waals surface area contributed by atoms with E-state index in [1.54, 1.807) is 32.9 Å². The molecule has 1 saturated carbocycles. The van der Waals surface area contributed by atoms with E-state index in [0.717, 1.165) is 24.8 Å². The van der Waals surface area contributed by atoms with Gasteiger partial charge < -0.3 is 9.47 Å². The van der Waals surface area contributed by atoms with E-state index >= 15 is 0 Å². The summed E-state index contributed by atoms with van der Waals surface area (Å²) >= 11 is 0. The molecule has 182 valence electrons. The van der Waals surface area contributed by atoms with Crippen LogP contribution < -0.4 is 0 Å². The number of esters is 1. The molecule has 2 fully saturated rings. The van der Waals surface area contributed by atoms with Crippen molar-refractivity contribution in [3.63, 3.8) is 0 Å². The number of halogens is 1. The molecule has 3 rings (SSSR count). The first-order chi connectivity index (χ1) is 15.4. The molecule has 1 aliphatic heterocycles. The highest BCUT2D eigenvalue weighted by atomic mass is 19.1. The van der Waals surface area contributed by atoms with Gasteiger partial charge in [-0.05, 0) is 74.6 Å². The highest BCUT2D eigenvalue weighted by Gasteiger charge is 2.42. The predicted octanol–water partition coefficient (Wildman–Crippen LogP) is 6.22. The summed E-state index contributed by atoms with van der Waals surface area (Å²) in [5.41, 5.74) is 0.886. The third-order valence-electron chi connectivity index (χ3n) is 6.55. The Kier molecular flexibility index (Phi) is 7.86. The fraction of sp³-hybridized carbons (Fsp3) is 0.630. The standard InChI is InChI=1S/C27H38FNO4/c1-17(2)22-11-10-18(3)12-24(22)32-25(30)23-15-20(13-19-8-7-9-21(28)14-19)16-29(23)26(31)33-27(4,5)6/h7-9,13-14,17-18,22-24H,10-12,15-16H2,1-6H3. The molecule has 0 spiro atoms. The maximum absolute atomic E-state index is 13.6. The van der Waals surface area contributed by atoms with E-state index in [9.17, 15) is 14.0 Å². The molecule has 6 heteroatoms. The highest BCUT2D eigenvalue weighted by Crippen LogP contribution is 2.36. The third-order valence-corrected chi connectivity index (χ3v) is 6.55. The lowest BCUT2D eigenvalue weighted by Gasteiger charge is -2.37. The Morgan fingerprint density at radius 3 is 2.58 bits per heavy atom. The number of rotatable bonds is 4. The molecule has 4 atom stereocenters. The number of likely N-dealkylation sites (tertiary alicyclic amines) is 1.